The normalized spacial score (nSPS) is 15.3. The SMILES string of the molecule is COc1cccc(CCNC2=NCCCCN2)c1. The molecule has 4 heteroatoms. The van der Waals surface area contributed by atoms with Gasteiger partial charge in [0.05, 0.1) is 7.11 Å². The van der Waals surface area contributed by atoms with Crippen LogP contribution in [0.1, 0.15) is 18.4 Å². The van der Waals surface area contributed by atoms with E-state index in [1.165, 1.54) is 18.4 Å². The average molecular weight is 247 g/mol. The fourth-order valence-electron chi connectivity index (χ4n) is 1.96. The molecule has 0 atom stereocenters. The van der Waals surface area contributed by atoms with E-state index in [-0.39, 0.29) is 0 Å². The molecule has 0 aromatic heterocycles. The van der Waals surface area contributed by atoms with Gasteiger partial charge < -0.3 is 15.4 Å². The zero-order valence-electron chi connectivity index (χ0n) is 10.9. The first-order valence-electron chi connectivity index (χ1n) is 6.53. The molecule has 1 aromatic carbocycles. The molecule has 1 aliphatic rings. The molecule has 98 valence electrons. The summed E-state index contributed by atoms with van der Waals surface area (Å²) < 4.78 is 5.21. The Morgan fingerprint density at radius 1 is 1.39 bits per heavy atom. The fourth-order valence-corrected chi connectivity index (χ4v) is 1.96. The first kappa shape index (κ1) is 12.7. The molecule has 18 heavy (non-hydrogen) atoms. The molecule has 0 spiro atoms. The molecule has 0 saturated carbocycles. The number of aliphatic imine (C=N–C) groups is 1. The summed E-state index contributed by atoms with van der Waals surface area (Å²) in [5, 5.41) is 6.65. The molecule has 4 nitrogen and oxygen atoms in total. The number of ether oxygens (including phenoxy) is 1. The summed E-state index contributed by atoms with van der Waals surface area (Å²) in [5.74, 6) is 1.85. The van der Waals surface area contributed by atoms with Gasteiger partial charge in [-0.25, -0.2) is 0 Å². The number of benzene rings is 1. The van der Waals surface area contributed by atoms with Gasteiger partial charge in [0, 0.05) is 19.6 Å². The smallest absolute Gasteiger partial charge is 0.191 e. The zero-order chi connectivity index (χ0) is 12.6. The summed E-state index contributed by atoms with van der Waals surface area (Å²) in [6, 6.07) is 8.18. The molecule has 0 amide bonds. The van der Waals surface area contributed by atoms with Crippen LogP contribution >= 0.6 is 0 Å². The van der Waals surface area contributed by atoms with E-state index in [0.717, 1.165) is 37.8 Å². The topological polar surface area (TPSA) is 45.6 Å². The van der Waals surface area contributed by atoms with E-state index in [2.05, 4.69) is 27.8 Å². The summed E-state index contributed by atoms with van der Waals surface area (Å²) >= 11 is 0. The summed E-state index contributed by atoms with van der Waals surface area (Å²) in [5.41, 5.74) is 1.27. The van der Waals surface area contributed by atoms with Crippen molar-refractivity contribution in [1.82, 2.24) is 10.6 Å². The van der Waals surface area contributed by atoms with Crippen LogP contribution in [0.25, 0.3) is 0 Å². The van der Waals surface area contributed by atoms with E-state index in [1.54, 1.807) is 7.11 Å². The first-order chi connectivity index (χ1) is 8.88. The number of nitrogens with one attached hydrogen (secondary N) is 2. The van der Waals surface area contributed by atoms with Crippen molar-refractivity contribution in [2.45, 2.75) is 19.3 Å². The van der Waals surface area contributed by atoms with Gasteiger partial charge in [-0.15, -0.1) is 0 Å². The van der Waals surface area contributed by atoms with E-state index in [4.69, 9.17) is 4.74 Å². The fraction of sp³-hybridized carbons (Fsp3) is 0.500. The summed E-state index contributed by atoms with van der Waals surface area (Å²) in [6.45, 7) is 2.83. The van der Waals surface area contributed by atoms with Crippen LogP contribution in [0.2, 0.25) is 0 Å². The second kappa shape index (κ2) is 6.89. The maximum absolute atomic E-state index is 5.21. The van der Waals surface area contributed by atoms with Crippen LogP contribution in [-0.4, -0.2) is 32.7 Å². The Bertz CT molecular complexity index is 404. The van der Waals surface area contributed by atoms with Crippen LogP contribution in [-0.2, 0) is 6.42 Å². The quantitative estimate of drug-likeness (QED) is 0.849. The van der Waals surface area contributed by atoms with Crippen molar-refractivity contribution in [2.24, 2.45) is 4.99 Å². The van der Waals surface area contributed by atoms with Gasteiger partial charge >= 0.3 is 0 Å². The molecule has 0 bridgehead atoms. The van der Waals surface area contributed by atoms with Crippen molar-refractivity contribution in [3.05, 3.63) is 29.8 Å². The third-order valence-electron chi connectivity index (χ3n) is 2.99. The minimum absolute atomic E-state index is 0.888. The van der Waals surface area contributed by atoms with E-state index in [9.17, 15) is 0 Å². The second-order valence-corrected chi connectivity index (χ2v) is 4.39. The van der Waals surface area contributed by atoms with Gasteiger partial charge in [-0.2, -0.15) is 0 Å². The Hall–Kier alpha value is -1.71. The van der Waals surface area contributed by atoms with E-state index < -0.39 is 0 Å². The predicted octanol–water partition coefficient (Wildman–Crippen LogP) is 1.57. The minimum atomic E-state index is 0.888. The van der Waals surface area contributed by atoms with Crippen molar-refractivity contribution in [3.8, 4) is 5.75 Å². The molecule has 2 N–H and O–H groups in total. The van der Waals surface area contributed by atoms with Crippen LogP contribution in [0, 0.1) is 0 Å². The molecule has 0 aliphatic carbocycles. The summed E-state index contributed by atoms with van der Waals surface area (Å²) in [6.07, 6.45) is 3.34. The lowest BCUT2D eigenvalue weighted by Gasteiger charge is -2.10. The number of methoxy groups -OCH3 is 1. The Morgan fingerprint density at radius 3 is 3.22 bits per heavy atom. The van der Waals surface area contributed by atoms with E-state index in [0.29, 0.717) is 0 Å². The highest BCUT2D eigenvalue weighted by molar-refractivity contribution is 5.79. The number of nitrogens with zero attached hydrogens (tertiary/aromatic N) is 1. The molecule has 2 rings (SSSR count). The highest BCUT2D eigenvalue weighted by Crippen LogP contribution is 2.12. The van der Waals surface area contributed by atoms with Crippen molar-refractivity contribution in [1.29, 1.82) is 0 Å². The highest BCUT2D eigenvalue weighted by Gasteiger charge is 2.02. The second-order valence-electron chi connectivity index (χ2n) is 4.39. The molecule has 0 unspecified atom stereocenters. The molecular formula is C14H21N3O. The molecular weight excluding hydrogens is 226 g/mol. The molecule has 1 heterocycles. The lowest BCUT2D eigenvalue weighted by molar-refractivity contribution is 0.414. The van der Waals surface area contributed by atoms with Crippen LogP contribution in [0.15, 0.2) is 29.3 Å². The Balaban J connectivity index is 1.78. The van der Waals surface area contributed by atoms with Crippen molar-refractivity contribution < 1.29 is 4.74 Å². The molecule has 0 fully saturated rings. The van der Waals surface area contributed by atoms with Crippen molar-refractivity contribution in [3.63, 3.8) is 0 Å². The Labute approximate surface area is 108 Å². The Morgan fingerprint density at radius 2 is 2.33 bits per heavy atom. The third kappa shape index (κ3) is 3.95. The van der Waals surface area contributed by atoms with Gasteiger partial charge in [0.15, 0.2) is 5.96 Å². The highest BCUT2D eigenvalue weighted by atomic mass is 16.5. The van der Waals surface area contributed by atoms with Gasteiger partial charge in [0.1, 0.15) is 5.75 Å². The molecule has 0 saturated heterocycles. The van der Waals surface area contributed by atoms with Gasteiger partial charge in [0.2, 0.25) is 0 Å². The first-order valence-corrected chi connectivity index (χ1v) is 6.53. The largest absolute Gasteiger partial charge is 0.497 e. The average Bonchev–Trinajstić information content (AvgIpc) is 2.68. The van der Waals surface area contributed by atoms with Crippen molar-refractivity contribution >= 4 is 5.96 Å². The van der Waals surface area contributed by atoms with E-state index >= 15 is 0 Å². The van der Waals surface area contributed by atoms with E-state index in [1.807, 2.05) is 12.1 Å². The van der Waals surface area contributed by atoms with Gasteiger partial charge in [-0.1, -0.05) is 12.1 Å². The lowest BCUT2D eigenvalue weighted by atomic mass is 10.1. The van der Waals surface area contributed by atoms with Gasteiger partial charge in [0.25, 0.3) is 0 Å². The number of hydrogen-bond acceptors (Lipinski definition) is 4. The van der Waals surface area contributed by atoms with Gasteiger partial charge in [-0.3, -0.25) is 4.99 Å². The molecule has 0 radical (unpaired) electrons. The van der Waals surface area contributed by atoms with Crippen LogP contribution in [0.3, 0.4) is 0 Å². The summed E-state index contributed by atoms with van der Waals surface area (Å²) in [7, 11) is 1.70. The maximum Gasteiger partial charge on any atom is 0.191 e. The molecule has 1 aromatic rings. The van der Waals surface area contributed by atoms with Gasteiger partial charge in [-0.05, 0) is 37.0 Å². The van der Waals surface area contributed by atoms with Crippen molar-refractivity contribution in [2.75, 3.05) is 26.7 Å². The molecule has 1 aliphatic heterocycles. The maximum atomic E-state index is 5.21. The zero-order valence-corrected chi connectivity index (χ0v) is 10.9. The Kier molecular flexibility index (Phi) is 4.88. The standard InChI is InChI=1S/C14H21N3O/c1-18-13-6-4-5-12(11-13)7-10-17-14-15-8-2-3-9-16-14/h4-6,11H,2-3,7-10H2,1H3,(H2,15,16,17). The lowest BCUT2D eigenvalue weighted by Crippen LogP contribution is -2.38. The third-order valence-corrected chi connectivity index (χ3v) is 2.99. The number of guanidine groups is 1. The van der Waals surface area contributed by atoms with Crippen LogP contribution < -0.4 is 15.4 Å². The van der Waals surface area contributed by atoms with Crippen LogP contribution in [0.4, 0.5) is 0 Å². The summed E-state index contributed by atoms with van der Waals surface area (Å²) in [4.78, 5) is 4.46. The monoisotopic (exact) mass is 247 g/mol. The minimum Gasteiger partial charge on any atom is -0.497 e. The number of rotatable bonds is 4. The number of hydrogen-bond donors (Lipinski definition) is 2. The predicted molar refractivity (Wildman–Crippen MR) is 74.2 cm³/mol. The van der Waals surface area contributed by atoms with Crippen LogP contribution in [0.5, 0.6) is 5.75 Å².